The monoisotopic (exact) mass is 337 g/mol. The summed E-state index contributed by atoms with van der Waals surface area (Å²) in [7, 11) is -3.62. The van der Waals surface area contributed by atoms with Crippen LogP contribution >= 0.6 is 0 Å². The Bertz CT molecular complexity index is 797. The van der Waals surface area contributed by atoms with Crippen molar-refractivity contribution in [3.8, 4) is 0 Å². The summed E-state index contributed by atoms with van der Waals surface area (Å²) in [4.78, 5) is 11.0. The Morgan fingerprint density at radius 1 is 1.39 bits per heavy atom. The molecule has 0 spiro atoms. The number of sulfonamides is 1. The number of hydrogen-bond acceptors (Lipinski definition) is 4. The van der Waals surface area contributed by atoms with Gasteiger partial charge in [0.05, 0.1) is 11.8 Å². The molecule has 0 aliphatic heterocycles. The number of carbonyl (C=O) groups is 1. The molecule has 0 aliphatic rings. The van der Waals surface area contributed by atoms with E-state index in [2.05, 4.69) is 9.82 Å². The summed E-state index contributed by atoms with van der Waals surface area (Å²) in [5.41, 5.74) is 0.939. The average molecular weight is 337 g/mol. The van der Waals surface area contributed by atoms with Gasteiger partial charge >= 0.3 is 5.97 Å². The van der Waals surface area contributed by atoms with E-state index in [0.717, 1.165) is 5.56 Å². The Balaban J connectivity index is 1.99. The molecule has 124 valence electrons. The number of nitrogens with one attached hydrogen (secondary N) is 1. The number of rotatable bonds is 7. The van der Waals surface area contributed by atoms with Crippen LogP contribution in [0.3, 0.4) is 0 Å². The Morgan fingerprint density at radius 2 is 2.13 bits per heavy atom. The standard InChI is InChI=1S/C15H19N3O4S/c1-11(2)18-10-14(9-16-18)23(21,22)17-7-6-12-4-3-5-13(8-12)15(19)20/h3-5,8-11,17H,6-7H2,1-2H3,(H,19,20). The maximum absolute atomic E-state index is 12.2. The van der Waals surface area contributed by atoms with Crippen molar-refractivity contribution in [2.75, 3.05) is 6.54 Å². The van der Waals surface area contributed by atoms with Crippen molar-refractivity contribution >= 4 is 16.0 Å². The van der Waals surface area contributed by atoms with Gasteiger partial charge in [-0.1, -0.05) is 12.1 Å². The van der Waals surface area contributed by atoms with E-state index in [-0.39, 0.29) is 23.0 Å². The number of carboxylic acid groups (broad SMARTS) is 1. The lowest BCUT2D eigenvalue weighted by molar-refractivity contribution is 0.0696. The molecular weight excluding hydrogens is 318 g/mol. The Kier molecular flexibility index (Phi) is 5.17. The van der Waals surface area contributed by atoms with Crippen LogP contribution in [0.2, 0.25) is 0 Å². The Labute approximate surface area is 135 Å². The van der Waals surface area contributed by atoms with E-state index in [1.165, 1.54) is 24.5 Å². The van der Waals surface area contributed by atoms with Gasteiger partial charge in [0.2, 0.25) is 10.0 Å². The first kappa shape index (κ1) is 17.2. The van der Waals surface area contributed by atoms with Crippen LogP contribution in [0.5, 0.6) is 0 Å². The van der Waals surface area contributed by atoms with Gasteiger partial charge in [0.25, 0.3) is 0 Å². The van der Waals surface area contributed by atoms with E-state index in [0.29, 0.717) is 6.42 Å². The first-order valence-electron chi connectivity index (χ1n) is 7.15. The fourth-order valence-corrected chi connectivity index (χ4v) is 2.98. The first-order chi connectivity index (χ1) is 10.8. The summed E-state index contributed by atoms with van der Waals surface area (Å²) >= 11 is 0. The summed E-state index contributed by atoms with van der Waals surface area (Å²) in [6.45, 7) is 4.00. The van der Waals surface area contributed by atoms with Gasteiger partial charge in [-0.2, -0.15) is 5.10 Å². The zero-order valence-electron chi connectivity index (χ0n) is 12.9. The lowest BCUT2D eigenvalue weighted by Crippen LogP contribution is -2.25. The molecule has 0 aliphatic carbocycles. The third kappa shape index (κ3) is 4.40. The molecule has 2 N–H and O–H groups in total. The number of hydrogen-bond donors (Lipinski definition) is 2. The topological polar surface area (TPSA) is 101 Å². The van der Waals surface area contributed by atoms with Gasteiger partial charge in [-0.25, -0.2) is 17.9 Å². The molecule has 0 unspecified atom stereocenters. The minimum Gasteiger partial charge on any atom is -0.478 e. The zero-order valence-corrected chi connectivity index (χ0v) is 13.7. The SMILES string of the molecule is CC(C)n1cc(S(=O)(=O)NCCc2cccc(C(=O)O)c2)cn1. The molecule has 0 amide bonds. The fourth-order valence-electron chi connectivity index (χ4n) is 2.01. The zero-order chi connectivity index (χ0) is 17.0. The third-order valence-electron chi connectivity index (χ3n) is 3.30. The van der Waals surface area contributed by atoms with Crippen molar-refractivity contribution in [2.24, 2.45) is 0 Å². The van der Waals surface area contributed by atoms with Crippen molar-refractivity contribution < 1.29 is 18.3 Å². The van der Waals surface area contributed by atoms with Crippen LogP contribution < -0.4 is 4.72 Å². The number of aromatic nitrogens is 2. The quantitative estimate of drug-likeness (QED) is 0.800. The largest absolute Gasteiger partial charge is 0.478 e. The maximum Gasteiger partial charge on any atom is 0.335 e. The molecule has 1 aromatic heterocycles. The van der Waals surface area contributed by atoms with Crippen LogP contribution in [0.1, 0.15) is 35.8 Å². The second-order valence-electron chi connectivity index (χ2n) is 5.40. The molecule has 23 heavy (non-hydrogen) atoms. The molecular formula is C15H19N3O4S. The van der Waals surface area contributed by atoms with E-state index in [9.17, 15) is 13.2 Å². The van der Waals surface area contributed by atoms with Crippen LogP contribution in [-0.4, -0.2) is 35.8 Å². The lowest BCUT2D eigenvalue weighted by Gasteiger charge is -2.06. The minimum atomic E-state index is -3.62. The summed E-state index contributed by atoms with van der Waals surface area (Å²) in [6, 6.07) is 6.51. The molecule has 0 saturated carbocycles. The van der Waals surface area contributed by atoms with E-state index in [1.807, 2.05) is 13.8 Å². The van der Waals surface area contributed by atoms with E-state index < -0.39 is 16.0 Å². The molecule has 1 aromatic carbocycles. The predicted molar refractivity (Wildman–Crippen MR) is 84.9 cm³/mol. The van der Waals surface area contributed by atoms with Gasteiger partial charge < -0.3 is 5.11 Å². The van der Waals surface area contributed by atoms with Crippen molar-refractivity contribution in [3.63, 3.8) is 0 Å². The molecule has 1 heterocycles. The van der Waals surface area contributed by atoms with Gasteiger partial charge in [0.1, 0.15) is 4.90 Å². The van der Waals surface area contributed by atoms with Crippen molar-refractivity contribution in [1.29, 1.82) is 0 Å². The van der Waals surface area contributed by atoms with E-state index in [1.54, 1.807) is 16.8 Å². The highest BCUT2D eigenvalue weighted by Crippen LogP contribution is 2.11. The number of benzene rings is 1. The number of nitrogens with zero attached hydrogens (tertiary/aromatic N) is 2. The van der Waals surface area contributed by atoms with Crippen molar-refractivity contribution in [1.82, 2.24) is 14.5 Å². The highest BCUT2D eigenvalue weighted by molar-refractivity contribution is 7.89. The second-order valence-corrected chi connectivity index (χ2v) is 7.17. The molecule has 2 aromatic rings. The molecule has 0 fully saturated rings. The normalized spacial score (nSPS) is 11.8. The maximum atomic E-state index is 12.2. The van der Waals surface area contributed by atoms with E-state index >= 15 is 0 Å². The van der Waals surface area contributed by atoms with Crippen LogP contribution in [0.25, 0.3) is 0 Å². The van der Waals surface area contributed by atoms with Crippen LogP contribution in [0, 0.1) is 0 Å². The first-order valence-corrected chi connectivity index (χ1v) is 8.64. The molecule has 0 atom stereocenters. The smallest absolute Gasteiger partial charge is 0.335 e. The van der Waals surface area contributed by atoms with Crippen molar-refractivity contribution in [3.05, 3.63) is 47.8 Å². The predicted octanol–water partition coefficient (Wildman–Crippen LogP) is 1.68. The van der Waals surface area contributed by atoms with Gasteiger partial charge in [-0.05, 0) is 38.0 Å². The Hall–Kier alpha value is -2.19. The van der Waals surface area contributed by atoms with Crippen molar-refractivity contribution in [2.45, 2.75) is 31.2 Å². The Morgan fingerprint density at radius 3 is 2.74 bits per heavy atom. The lowest BCUT2D eigenvalue weighted by atomic mass is 10.1. The third-order valence-corrected chi connectivity index (χ3v) is 4.71. The van der Waals surface area contributed by atoms with Crippen LogP contribution in [-0.2, 0) is 16.4 Å². The van der Waals surface area contributed by atoms with Gasteiger partial charge in [0, 0.05) is 18.8 Å². The second kappa shape index (κ2) is 6.93. The molecule has 2 rings (SSSR count). The minimum absolute atomic E-state index is 0.0812. The molecule has 0 radical (unpaired) electrons. The van der Waals surface area contributed by atoms with Crippen LogP contribution in [0.15, 0.2) is 41.6 Å². The summed E-state index contributed by atoms with van der Waals surface area (Å²) in [5, 5.41) is 13.0. The summed E-state index contributed by atoms with van der Waals surface area (Å²) in [5.74, 6) is -1.01. The van der Waals surface area contributed by atoms with Crippen LogP contribution in [0.4, 0.5) is 0 Å². The highest BCUT2D eigenvalue weighted by Gasteiger charge is 2.16. The van der Waals surface area contributed by atoms with Gasteiger partial charge in [-0.15, -0.1) is 0 Å². The molecule has 0 bridgehead atoms. The summed E-state index contributed by atoms with van der Waals surface area (Å²) < 4.78 is 28.4. The number of carboxylic acids is 1. The number of aromatic carboxylic acids is 1. The van der Waals surface area contributed by atoms with Gasteiger partial charge in [0.15, 0.2) is 0 Å². The molecule has 8 heteroatoms. The summed E-state index contributed by atoms with van der Waals surface area (Å²) in [6.07, 6.45) is 3.20. The highest BCUT2D eigenvalue weighted by atomic mass is 32.2. The van der Waals surface area contributed by atoms with Gasteiger partial charge in [-0.3, -0.25) is 4.68 Å². The molecule has 7 nitrogen and oxygen atoms in total. The molecule has 0 saturated heterocycles. The average Bonchev–Trinajstić information content (AvgIpc) is 2.98. The van der Waals surface area contributed by atoms with E-state index in [4.69, 9.17) is 5.11 Å². The fraction of sp³-hybridized carbons (Fsp3) is 0.333.